The molecule has 18 heavy (non-hydrogen) atoms. The molecule has 1 aromatic carbocycles. The molecule has 4 heteroatoms. The minimum Gasteiger partial charge on any atom is -0.397 e. The summed E-state index contributed by atoms with van der Waals surface area (Å²) in [6.07, 6.45) is 2.49. The van der Waals surface area contributed by atoms with Crippen molar-refractivity contribution in [2.24, 2.45) is 5.92 Å². The Morgan fingerprint density at radius 3 is 2.83 bits per heavy atom. The van der Waals surface area contributed by atoms with Crippen LogP contribution < -0.4 is 11.1 Å². The number of ether oxygens (including phenoxy) is 1. The van der Waals surface area contributed by atoms with E-state index in [0.29, 0.717) is 23.7 Å². The van der Waals surface area contributed by atoms with Crippen molar-refractivity contribution in [1.29, 1.82) is 0 Å². The molecule has 1 fully saturated rings. The molecule has 0 unspecified atom stereocenters. The zero-order chi connectivity index (χ0) is 13.0. The highest BCUT2D eigenvalue weighted by molar-refractivity contribution is 5.94. The number of carbonyl (C=O) groups excluding carboxylic acids is 1. The lowest BCUT2D eigenvalue weighted by Gasteiger charge is -2.21. The number of nitrogens with one attached hydrogen (secondary N) is 1. The molecule has 0 spiro atoms. The lowest BCUT2D eigenvalue weighted by atomic mass is 9.96. The van der Waals surface area contributed by atoms with Crippen LogP contribution in [0, 0.1) is 12.8 Å². The van der Waals surface area contributed by atoms with Crippen molar-refractivity contribution in [1.82, 2.24) is 0 Å². The van der Waals surface area contributed by atoms with Gasteiger partial charge in [-0.2, -0.15) is 0 Å². The summed E-state index contributed by atoms with van der Waals surface area (Å²) in [5.41, 5.74) is 8.29. The van der Waals surface area contributed by atoms with Crippen molar-refractivity contribution in [3.05, 3.63) is 23.8 Å². The van der Waals surface area contributed by atoms with Gasteiger partial charge >= 0.3 is 0 Å². The van der Waals surface area contributed by atoms with Gasteiger partial charge in [0.15, 0.2) is 0 Å². The number of nitrogens with two attached hydrogens (primary N) is 1. The Bertz CT molecular complexity index is 426. The Hall–Kier alpha value is -1.55. The standard InChI is InChI=1S/C14H20N2O2/c1-10-2-3-13(12(15)8-10)16-14(17)9-11-4-6-18-7-5-11/h2-3,8,11H,4-7,9,15H2,1H3,(H,16,17). The van der Waals surface area contributed by atoms with Gasteiger partial charge in [-0.15, -0.1) is 0 Å². The summed E-state index contributed by atoms with van der Waals surface area (Å²) in [5, 5.41) is 2.88. The van der Waals surface area contributed by atoms with E-state index in [2.05, 4.69) is 5.32 Å². The number of rotatable bonds is 3. The Kier molecular flexibility index (Phi) is 4.20. The molecule has 4 nitrogen and oxygen atoms in total. The minimum absolute atomic E-state index is 0.0393. The van der Waals surface area contributed by atoms with E-state index >= 15 is 0 Å². The maximum atomic E-state index is 11.9. The number of hydrogen-bond acceptors (Lipinski definition) is 3. The van der Waals surface area contributed by atoms with Crippen molar-refractivity contribution in [3.63, 3.8) is 0 Å². The van der Waals surface area contributed by atoms with E-state index in [0.717, 1.165) is 31.6 Å². The van der Waals surface area contributed by atoms with Gasteiger partial charge < -0.3 is 15.8 Å². The zero-order valence-electron chi connectivity index (χ0n) is 10.7. The largest absolute Gasteiger partial charge is 0.397 e. The highest BCUT2D eigenvalue weighted by Crippen LogP contribution is 2.22. The highest BCUT2D eigenvalue weighted by Gasteiger charge is 2.17. The predicted octanol–water partition coefficient (Wildman–Crippen LogP) is 2.33. The topological polar surface area (TPSA) is 64.3 Å². The van der Waals surface area contributed by atoms with Gasteiger partial charge in [-0.3, -0.25) is 4.79 Å². The summed E-state index contributed by atoms with van der Waals surface area (Å²) >= 11 is 0. The van der Waals surface area contributed by atoms with Crippen molar-refractivity contribution < 1.29 is 9.53 Å². The predicted molar refractivity (Wildman–Crippen MR) is 72.4 cm³/mol. The maximum Gasteiger partial charge on any atom is 0.224 e. The van der Waals surface area contributed by atoms with E-state index in [1.807, 2.05) is 25.1 Å². The second-order valence-electron chi connectivity index (χ2n) is 4.90. The molecule has 0 aromatic heterocycles. The summed E-state index contributed by atoms with van der Waals surface area (Å²) in [4.78, 5) is 11.9. The summed E-state index contributed by atoms with van der Waals surface area (Å²) in [6, 6.07) is 5.66. The van der Waals surface area contributed by atoms with E-state index in [1.54, 1.807) is 0 Å². The third-order valence-corrected chi connectivity index (χ3v) is 3.30. The normalized spacial score (nSPS) is 16.5. The Labute approximate surface area is 108 Å². The SMILES string of the molecule is Cc1ccc(NC(=O)CC2CCOCC2)c(N)c1. The smallest absolute Gasteiger partial charge is 0.224 e. The van der Waals surface area contributed by atoms with Gasteiger partial charge in [-0.1, -0.05) is 6.07 Å². The van der Waals surface area contributed by atoms with Crippen molar-refractivity contribution >= 4 is 17.3 Å². The van der Waals surface area contributed by atoms with Crippen LogP contribution in [0.4, 0.5) is 11.4 Å². The minimum atomic E-state index is 0.0393. The molecule has 1 amide bonds. The molecule has 1 aromatic rings. The third kappa shape index (κ3) is 3.47. The molecule has 1 aliphatic heterocycles. The van der Waals surface area contributed by atoms with Crippen LogP contribution in [0.5, 0.6) is 0 Å². The van der Waals surface area contributed by atoms with Crippen molar-refractivity contribution in [3.8, 4) is 0 Å². The van der Waals surface area contributed by atoms with Gasteiger partial charge in [0, 0.05) is 19.6 Å². The summed E-state index contributed by atoms with van der Waals surface area (Å²) < 4.78 is 5.28. The molecule has 1 aliphatic rings. The lowest BCUT2D eigenvalue weighted by molar-refractivity contribution is -0.117. The van der Waals surface area contributed by atoms with Gasteiger partial charge in [0.05, 0.1) is 11.4 Å². The fraction of sp³-hybridized carbons (Fsp3) is 0.500. The Morgan fingerprint density at radius 2 is 2.17 bits per heavy atom. The van der Waals surface area contributed by atoms with Crippen LogP contribution in [0.1, 0.15) is 24.8 Å². The summed E-state index contributed by atoms with van der Waals surface area (Å²) in [7, 11) is 0. The fourth-order valence-electron chi connectivity index (χ4n) is 2.21. The van der Waals surface area contributed by atoms with Gasteiger partial charge in [0.1, 0.15) is 0 Å². The van der Waals surface area contributed by atoms with Crippen LogP contribution in [0.15, 0.2) is 18.2 Å². The number of hydrogen-bond donors (Lipinski definition) is 2. The van der Waals surface area contributed by atoms with Crippen LogP contribution in [0.3, 0.4) is 0 Å². The maximum absolute atomic E-state index is 11.9. The van der Waals surface area contributed by atoms with Gasteiger partial charge in [0.25, 0.3) is 0 Å². The molecule has 0 bridgehead atoms. The summed E-state index contributed by atoms with van der Waals surface area (Å²) in [6.45, 7) is 3.51. The number of aryl methyl sites for hydroxylation is 1. The first-order valence-corrected chi connectivity index (χ1v) is 6.39. The molecular formula is C14H20N2O2. The molecule has 3 N–H and O–H groups in total. The first-order valence-electron chi connectivity index (χ1n) is 6.39. The lowest BCUT2D eigenvalue weighted by Crippen LogP contribution is -2.22. The molecule has 0 aliphatic carbocycles. The van der Waals surface area contributed by atoms with Gasteiger partial charge in [-0.25, -0.2) is 0 Å². The van der Waals surface area contributed by atoms with Gasteiger partial charge in [0.2, 0.25) is 5.91 Å². The average molecular weight is 248 g/mol. The first kappa shape index (κ1) is 12.9. The number of nitrogen functional groups attached to an aromatic ring is 1. The monoisotopic (exact) mass is 248 g/mol. The van der Waals surface area contributed by atoms with E-state index in [9.17, 15) is 4.79 Å². The molecule has 2 rings (SSSR count). The molecule has 1 saturated heterocycles. The van der Waals surface area contributed by atoms with Crippen molar-refractivity contribution in [2.75, 3.05) is 24.3 Å². The van der Waals surface area contributed by atoms with E-state index in [1.165, 1.54) is 0 Å². The van der Waals surface area contributed by atoms with Crippen LogP contribution in [-0.4, -0.2) is 19.1 Å². The Morgan fingerprint density at radius 1 is 1.44 bits per heavy atom. The fourth-order valence-corrected chi connectivity index (χ4v) is 2.21. The third-order valence-electron chi connectivity index (χ3n) is 3.30. The van der Waals surface area contributed by atoms with Crippen LogP contribution in [0.25, 0.3) is 0 Å². The molecule has 0 atom stereocenters. The molecular weight excluding hydrogens is 228 g/mol. The number of anilines is 2. The molecule has 98 valence electrons. The van der Waals surface area contributed by atoms with Gasteiger partial charge in [-0.05, 0) is 43.4 Å². The second-order valence-corrected chi connectivity index (χ2v) is 4.90. The Balaban J connectivity index is 1.90. The average Bonchev–Trinajstić information content (AvgIpc) is 2.34. The summed E-state index contributed by atoms with van der Waals surface area (Å²) in [5.74, 6) is 0.475. The van der Waals surface area contributed by atoms with E-state index in [-0.39, 0.29) is 5.91 Å². The van der Waals surface area contributed by atoms with Crippen LogP contribution in [-0.2, 0) is 9.53 Å². The van der Waals surface area contributed by atoms with Crippen molar-refractivity contribution in [2.45, 2.75) is 26.2 Å². The number of benzene rings is 1. The highest BCUT2D eigenvalue weighted by atomic mass is 16.5. The second kappa shape index (κ2) is 5.87. The van der Waals surface area contributed by atoms with Crippen LogP contribution in [0.2, 0.25) is 0 Å². The van der Waals surface area contributed by atoms with E-state index in [4.69, 9.17) is 10.5 Å². The van der Waals surface area contributed by atoms with Crippen LogP contribution >= 0.6 is 0 Å². The molecule has 1 heterocycles. The number of amides is 1. The molecule has 0 radical (unpaired) electrons. The quantitative estimate of drug-likeness (QED) is 0.807. The zero-order valence-corrected chi connectivity index (χ0v) is 10.7. The van der Waals surface area contributed by atoms with E-state index < -0.39 is 0 Å². The molecule has 0 saturated carbocycles. The first-order chi connectivity index (χ1) is 8.65. The number of carbonyl (C=O) groups is 1.